The lowest BCUT2D eigenvalue weighted by molar-refractivity contribution is 0.0935. The average Bonchev–Trinajstić information content (AvgIpc) is 3.01. The Labute approximate surface area is 147 Å². The Morgan fingerprint density at radius 3 is 2.57 bits per heavy atom. The number of hydrogen-bond acceptors (Lipinski definition) is 2. The molecule has 1 amide bonds. The van der Waals surface area contributed by atoms with Gasteiger partial charge in [0.25, 0.3) is 5.91 Å². The highest BCUT2D eigenvalue weighted by Crippen LogP contribution is 2.21. The zero-order valence-corrected chi connectivity index (χ0v) is 14.5. The van der Waals surface area contributed by atoms with Crippen LogP contribution in [0, 0.1) is 0 Å². The molecule has 0 saturated heterocycles. The minimum absolute atomic E-state index is 0. The predicted octanol–water partition coefficient (Wildman–Crippen LogP) is 4.25. The number of fused-ring (bicyclic) bond motifs is 1. The van der Waals surface area contributed by atoms with Crippen molar-refractivity contribution in [2.45, 2.75) is 32.5 Å². The van der Waals surface area contributed by atoms with Crippen molar-refractivity contribution in [3.63, 3.8) is 0 Å². The number of hydrogen-bond donors (Lipinski definition) is 2. The van der Waals surface area contributed by atoms with Crippen LogP contribution in [0.15, 0.2) is 42.5 Å². The third kappa shape index (κ3) is 4.05. The molecular formula is C18H20Cl2N2O. The van der Waals surface area contributed by atoms with Crippen LogP contribution in [0.1, 0.15) is 46.4 Å². The number of amides is 1. The van der Waals surface area contributed by atoms with Gasteiger partial charge in [-0.05, 0) is 47.4 Å². The van der Waals surface area contributed by atoms with Gasteiger partial charge in [-0.25, -0.2) is 0 Å². The fraction of sp³-hybridized carbons (Fsp3) is 0.278. The molecule has 1 atom stereocenters. The molecule has 2 aromatic carbocycles. The van der Waals surface area contributed by atoms with E-state index in [1.54, 1.807) is 0 Å². The molecule has 1 unspecified atom stereocenters. The third-order valence-electron chi connectivity index (χ3n) is 4.09. The fourth-order valence-corrected chi connectivity index (χ4v) is 2.92. The van der Waals surface area contributed by atoms with Gasteiger partial charge in [-0.2, -0.15) is 0 Å². The van der Waals surface area contributed by atoms with E-state index in [1.165, 1.54) is 11.1 Å². The van der Waals surface area contributed by atoms with Crippen LogP contribution in [-0.4, -0.2) is 5.91 Å². The molecule has 1 aliphatic heterocycles. The van der Waals surface area contributed by atoms with Gasteiger partial charge < -0.3 is 10.6 Å². The first kappa shape index (κ1) is 17.8. The summed E-state index contributed by atoms with van der Waals surface area (Å²) < 4.78 is 0. The van der Waals surface area contributed by atoms with Gasteiger partial charge in [0.1, 0.15) is 0 Å². The van der Waals surface area contributed by atoms with E-state index in [2.05, 4.69) is 17.6 Å². The summed E-state index contributed by atoms with van der Waals surface area (Å²) >= 11 is 5.92. The SMILES string of the molecule is CCC(NC(=O)c1ccc2c(c1)CNC2)c1ccc(Cl)cc1.Cl. The quantitative estimate of drug-likeness (QED) is 0.865. The molecule has 0 fully saturated rings. The maximum Gasteiger partial charge on any atom is 0.251 e. The molecule has 2 aromatic rings. The van der Waals surface area contributed by atoms with E-state index in [0.29, 0.717) is 5.02 Å². The largest absolute Gasteiger partial charge is 0.345 e. The summed E-state index contributed by atoms with van der Waals surface area (Å²) in [6, 6.07) is 13.5. The molecule has 0 saturated carbocycles. The standard InChI is InChI=1S/C18H19ClN2O.ClH/c1-2-17(12-5-7-16(19)8-6-12)21-18(22)13-3-4-14-10-20-11-15(14)9-13;/h3-9,17,20H,2,10-11H2,1H3,(H,21,22);1H. The van der Waals surface area contributed by atoms with E-state index >= 15 is 0 Å². The molecule has 3 nitrogen and oxygen atoms in total. The van der Waals surface area contributed by atoms with Crippen molar-refractivity contribution in [2.24, 2.45) is 0 Å². The molecule has 5 heteroatoms. The van der Waals surface area contributed by atoms with Crippen molar-refractivity contribution in [3.05, 3.63) is 69.7 Å². The lowest BCUT2D eigenvalue weighted by Gasteiger charge is -2.18. The van der Waals surface area contributed by atoms with Gasteiger partial charge in [0.15, 0.2) is 0 Å². The van der Waals surface area contributed by atoms with Crippen LogP contribution in [0.3, 0.4) is 0 Å². The van der Waals surface area contributed by atoms with E-state index in [0.717, 1.165) is 30.6 Å². The Kier molecular flexibility index (Phi) is 6.05. The number of nitrogens with one attached hydrogen (secondary N) is 2. The van der Waals surface area contributed by atoms with Crippen LogP contribution in [0.2, 0.25) is 5.02 Å². The van der Waals surface area contributed by atoms with Crippen LogP contribution in [0.5, 0.6) is 0 Å². The minimum Gasteiger partial charge on any atom is -0.345 e. The highest BCUT2D eigenvalue weighted by Gasteiger charge is 2.17. The Bertz CT molecular complexity index is 686. The zero-order valence-electron chi connectivity index (χ0n) is 12.9. The Morgan fingerprint density at radius 2 is 1.87 bits per heavy atom. The highest BCUT2D eigenvalue weighted by molar-refractivity contribution is 6.30. The minimum atomic E-state index is -0.0310. The molecule has 2 N–H and O–H groups in total. The maximum atomic E-state index is 12.5. The number of halogens is 2. The lowest BCUT2D eigenvalue weighted by atomic mass is 10.0. The second-order valence-corrected chi connectivity index (χ2v) is 6.01. The van der Waals surface area contributed by atoms with E-state index in [4.69, 9.17) is 11.6 Å². The molecule has 0 radical (unpaired) electrons. The Hall–Kier alpha value is -1.55. The van der Waals surface area contributed by atoms with Gasteiger partial charge in [0.05, 0.1) is 6.04 Å². The number of benzene rings is 2. The zero-order chi connectivity index (χ0) is 15.5. The summed E-state index contributed by atoms with van der Waals surface area (Å²) in [5.74, 6) is -0.0310. The summed E-state index contributed by atoms with van der Waals surface area (Å²) in [5, 5.41) is 7.10. The van der Waals surface area contributed by atoms with Gasteiger partial charge in [0, 0.05) is 23.7 Å². The van der Waals surface area contributed by atoms with Gasteiger partial charge in [-0.3, -0.25) is 4.79 Å². The first-order valence-electron chi connectivity index (χ1n) is 7.56. The molecule has 0 spiro atoms. The van der Waals surface area contributed by atoms with Crippen LogP contribution in [0.4, 0.5) is 0 Å². The second kappa shape index (κ2) is 7.82. The molecule has 1 aliphatic rings. The van der Waals surface area contributed by atoms with E-state index in [1.807, 2.05) is 42.5 Å². The van der Waals surface area contributed by atoms with Crippen LogP contribution in [-0.2, 0) is 13.1 Å². The summed E-state index contributed by atoms with van der Waals surface area (Å²) in [7, 11) is 0. The van der Waals surface area contributed by atoms with Gasteiger partial charge in [-0.1, -0.05) is 36.7 Å². The predicted molar refractivity (Wildman–Crippen MR) is 96.2 cm³/mol. The number of carbonyl (C=O) groups is 1. The smallest absolute Gasteiger partial charge is 0.251 e. The van der Waals surface area contributed by atoms with Gasteiger partial charge in [0.2, 0.25) is 0 Å². The highest BCUT2D eigenvalue weighted by atomic mass is 35.5. The molecule has 3 rings (SSSR count). The maximum absolute atomic E-state index is 12.5. The average molecular weight is 351 g/mol. The topological polar surface area (TPSA) is 41.1 Å². The molecule has 0 bridgehead atoms. The summed E-state index contributed by atoms with van der Waals surface area (Å²) in [6.07, 6.45) is 0.833. The van der Waals surface area contributed by atoms with Crippen molar-refractivity contribution in [1.82, 2.24) is 10.6 Å². The van der Waals surface area contributed by atoms with Crippen molar-refractivity contribution in [1.29, 1.82) is 0 Å². The van der Waals surface area contributed by atoms with Crippen LogP contribution < -0.4 is 10.6 Å². The van der Waals surface area contributed by atoms with E-state index in [-0.39, 0.29) is 24.4 Å². The van der Waals surface area contributed by atoms with Crippen molar-refractivity contribution in [3.8, 4) is 0 Å². The molecular weight excluding hydrogens is 331 g/mol. The van der Waals surface area contributed by atoms with Crippen LogP contribution in [0.25, 0.3) is 0 Å². The first-order valence-corrected chi connectivity index (χ1v) is 7.94. The molecule has 23 heavy (non-hydrogen) atoms. The van der Waals surface area contributed by atoms with Gasteiger partial charge in [-0.15, -0.1) is 12.4 Å². The summed E-state index contributed by atoms with van der Waals surface area (Å²) in [6.45, 7) is 3.79. The molecule has 0 aliphatic carbocycles. The summed E-state index contributed by atoms with van der Waals surface area (Å²) in [4.78, 5) is 12.5. The Morgan fingerprint density at radius 1 is 1.17 bits per heavy atom. The Balaban J connectivity index is 0.00000192. The van der Waals surface area contributed by atoms with E-state index in [9.17, 15) is 4.79 Å². The molecule has 1 heterocycles. The molecule has 0 aromatic heterocycles. The lowest BCUT2D eigenvalue weighted by Crippen LogP contribution is -2.28. The van der Waals surface area contributed by atoms with E-state index < -0.39 is 0 Å². The number of rotatable bonds is 4. The van der Waals surface area contributed by atoms with Crippen LogP contribution >= 0.6 is 24.0 Å². The normalized spacial score (nSPS) is 13.8. The van der Waals surface area contributed by atoms with Crippen molar-refractivity contribution < 1.29 is 4.79 Å². The second-order valence-electron chi connectivity index (χ2n) is 5.57. The van der Waals surface area contributed by atoms with Gasteiger partial charge >= 0.3 is 0 Å². The van der Waals surface area contributed by atoms with Crippen molar-refractivity contribution >= 4 is 29.9 Å². The third-order valence-corrected chi connectivity index (χ3v) is 4.34. The fourth-order valence-electron chi connectivity index (χ4n) is 2.79. The molecule has 122 valence electrons. The number of carbonyl (C=O) groups excluding carboxylic acids is 1. The monoisotopic (exact) mass is 350 g/mol. The first-order chi connectivity index (χ1) is 10.7. The summed E-state index contributed by atoms with van der Waals surface area (Å²) in [5.41, 5.74) is 4.28. The van der Waals surface area contributed by atoms with Crippen molar-refractivity contribution in [2.75, 3.05) is 0 Å².